The summed E-state index contributed by atoms with van der Waals surface area (Å²) in [6, 6.07) is 0.207. The molecular formula is C10H16N2O2. The Labute approximate surface area is 83.4 Å². The highest BCUT2D eigenvalue weighted by molar-refractivity contribution is 5.80. The minimum Gasteiger partial charge on any atom is -0.374 e. The monoisotopic (exact) mass is 196 g/mol. The molecule has 3 aliphatic heterocycles. The van der Waals surface area contributed by atoms with Crippen molar-refractivity contribution in [1.82, 2.24) is 4.90 Å². The molecule has 0 aromatic rings. The average molecular weight is 196 g/mol. The van der Waals surface area contributed by atoms with Crippen molar-refractivity contribution in [2.45, 2.75) is 37.5 Å². The molecule has 3 heterocycles. The molecule has 4 heteroatoms. The van der Waals surface area contributed by atoms with E-state index in [2.05, 4.69) is 0 Å². The van der Waals surface area contributed by atoms with Crippen molar-refractivity contribution in [2.75, 3.05) is 13.1 Å². The molecule has 4 nitrogen and oxygen atoms in total. The predicted octanol–water partition coefficient (Wildman–Crippen LogP) is -0.277. The number of amides is 1. The van der Waals surface area contributed by atoms with Crippen LogP contribution in [-0.4, -0.2) is 42.1 Å². The SMILES string of the molecule is NC1CN(C(=O)C2CC3CCC2O3)C1. The Morgan fingerprint density at radius 3 is 2.64 bits per heavy atom. The van der Waals surface area contributed by atoms with Gasteiger partial charge in [0.05, 0.1) is 18.1 Å². The van der Waals surface area contributed by atoms with Gasteiger partial charge in [-0.3, -0.25) is 4.79 Å². The van der Waals surface area contributed by atoms with Crippen molar-refractivity contribution in [1.29, 1.82) is 0 Å². The third kappa shape index (κ3) is 1.17. The van der Waals surface area contributed by atoms with Gasteiger partial charge in [-0.25, -0.2) is 0 Å². The molecule has 1 amide bonds. The van der Waals surface area contributed by atoms with E-state index in [1.54, 1.807) is 0 Å². The summed E-state index contributed by atoms with van der Waals surface area (Å²) >= 11 is 0. The number of carbonyl (C=O) groups is 1. The second-order valence-corrected chi connectivity index (χ2v) is 4.72. The van der Waals surface area contributed by atoms with E-state index in [9.17, 15) is 4.79 Å². The van der Waals surface area contributed by atoms with E-state index in [1.165, 1.54) is 0 Å². The topological polar surface area (TPSA) is 55.6 Å². The summed E-state index contributed by atoms with van der Waals surface area (Å²) in [5, 5.41) is 0. The van der Waals surface area contributed by atoms with Crippen LogP contribution >= 0.6 is 0 Å². The van der Waals surface area contributed by atoms with Crippen LogP contribution in [0.5, 0.6) is 0 Å². The highest BCUT2D eigenvalue weighted by atomic mass is 16.5. The van der Waals surface area contributed by atoms with Crippen LogP contribution in [0.1, 0.15) is 19.3 Å². The second kappa shape index (κ2) is 2.94. The molecule has 3 unspecified atom stereocenters. The number of likely N-dealkylation sites (tertiary alicyclic amines) is 1. The minimum atomic E-state index is 0.140. The number of hydrogen-bond acceptors (Lipinski definition) is 3. The van der Waals surface area contributed by atoms with Gasteiger partial charge in [0.1, 0.15) is 0 Å². The van der Waals surface area contributed by atoms with Crippen molar-refractivity contribution in [3.05, 3.63) is 0 Å². The van der Waals surface area contributed by atoms with Crippen molar-refractivity contribution >= 4 is 5.91 Å². The first-order valence-electron chi connectivity index (χ1n) is 5.44. The first-order chi connectivity index (χ1) is 6.74. The fourth-order valence-electron chi connectivity index (χ4n) is 2.82. The number of rotatable bonds is 1. The van der Waals surface area contributed by atoms with Gasteiger partial charge in [0.2, 0.25) is 5.91 Å². The third-order valence-electron chi connectivity index (χ3n) is 3.64. The lowest BCUT2D eigenvalue weighted by Gasteiger charge is -2.39. The molecule has 0 radical (unpaired) electrons. The molecule has 78 valence electrons. The van der Waals surface area contributed by atoms with Crippen LogP contribution in [0.25, 0.3) is 0 Å². The normalized spacial score (nSPS) is 41.5. The van der Waals surface area contributed by atoms with Gasteiger partial charge < -0.3 is 15.4 Å². The lowest BCUT2D eigenvalue weighted by molar-refractivity contribution is -0.141. The number of nitrogens with zero attached hydrogens (tertiary/aromatic N) is 1. The first kappa shape index (κ1) is 8.68. The van der Waals surface area contributed by atoms with Gasteiger partial charge in [-0.1, -0.05) is 0 Å². The van der Waals surface area contributed by atoms with E-state index in [0.717, 1.165) is 32.4 Å². The van der Waals surface area contributed by atoms with Gasteiger partial charge in [0, 0.05) is 19.1 Å². The van der Waals surface area contributed by atoms with Crippen LogP contribution in [0.15, 0.2) is 0 Å². The highest BCUT2D eigenvalue weighted by Crippen LogP contribution is 2.39. The van der Waals surface area contributed by atoms with Crippen LogP contribution in [0.3, 0.4) is 0 Å². The molecule has 3 fully saturated rings. The molecule has 0 spiro atoms. The van der Waals surface area contributed by atoms with Gasteiger partial charge in [0.15, 0.2) is 0 Å². The molecular weight excluding hydrogens is 180 g/mol. The average Bonchev–Trinajstić information content (AvgIpc) is 2.72. The fourth-order valence-corrected chi connectivity index (χ4v) is 2.82. The summed E-state index contributed by atoms with van der Waals surface area (Å²) in [6.07, 6.45) is 3.73. The van der Waals surface area contributed by atoms with E-state index in [0.29, 0.717) is 6.10 Å². The van der Waals surface area contributed by atoms with Crippen molar-refractivity contribution < 1.29 is 9.53 Å². The summed E-state index contributed by atoms with van der Waals surface area (Å²) in [5.74, 6) is 0.417. The van der Waals surface area contributed by atoms with Gasteiger partial charge in [0.25, 0.3) is 0 Å². The molecule has 2 N–H and O–H groups in total. The van der Waals surface area contributed by atoms with Crippen LogP contribution in [0, 0.1) is 5.92 Å². The third-order valence-corrected chi connectivity index (χ3v) is 3.64. The highest BCUT2D eigenvalue weighted by Gasteiger charge is 2.47. The predicted molar refractivity (Wildman–Crippen MR) is 50.6 cm³/mol. The van der Waals surface area contributed by atoms with Crippen molar-refractivity contribution in [2.24, 2.45) is 11.7 Å². The van der Waals surface area contributed by atoms with Crippen LogP contribution in [0.2, 0.25) is 0 Å². The molecule has 0 aliphatic carbocycles. The minimum absolute atomic E-state index is 0.140. The zero-order valence-electron chi connectivity index (χ0n) is 8.19. The molecule has 14 heavy (non-hydrogen) atoms. The van der Waals surface area contributed by atoms with Crippen LogP contribution < -0.4 is 5.73 Å². The van der Waals surface area contributed by atoms with E-state index in [-0.39, 0.29) is 24.0 Å². The number of fused-ring (bicyclic) bond motifs is 2. The Hall–Kier alpha value is -0.610. The Morgan fingerprint density at radius 2 is 2.14 bits per heavy atom. The number of ether oxygens (including phenoxy) is 1. The second-order valence-electron chi connectivity index (χ2n) is 4.72. The smallest absolute Gasteiger partial charge is 0.228 e. The zero-order valence-corrected chi connectivity index (χ0v) is 8.19. The number of carbonyl (C=O) groups excluding carboxylic acids is 1. The standard InChI is InChI=1S/C10H16N2O2/c11-6-4-12(5-6)10(13)8-3-7-1-2-9(8)14-7/h6-9H,1-5,11H2. The molecule has 2 bridgehead atoms. The quantitative estimate of drug-likeness (QED) is 0.627. The molecule has 3 rings (SSSR count). The summed E-state index contributed by atoms with van der Waals surface area (Å²) < 4.78 is 5.67. The molecule has 3 atom stereocenters. The van der Waals surface area contributed by atoms with E-state index in [4.69, 9.17) is 10.5 Å². The first-order valence-corrected chi connectivity index (χ1v) is 5.44. The Kier molecular flexibility index (Phi) is 1.82. The molecule has 0 saturated carbocycles. The molecule has 3 aliphatic rings. The number of nitrogens with two attached hydrogens (primary N) is 1. The Bertz CT molecular complexity index is 263. The zero-order chi connectivity index (χ0) is 9.71. The van der Waals surface area contributed by atoms with Crippen LogP contribution in [-0.2, 0) is 9.53 Å². The molecule has 3 saturated heterocycles. The van der Waals surface area contributed by atoms with Gasteiger partial charge >= 0.3 is 0 Å². The largest absolute Gasteiger partial charge is 0.374 e. The number of hydrogen-bond donors (Lipinski definition) is 1. The van der Waals surface area contributed by atoms with Crippen LogP contribution in [0.4, 0.5) is 0 Å². The summed E-state index contributed by atoms with van der Waals surface area (Å²) in [6.45, 7) is 1.49. The summed E-state index contributed by atoms with van der Waals surface area (Å²) in [7, 11) is 0. The maximum absolute atomic E-state index is 12.0. The Morgan fingerprint density at radius 1 is 1.36 bits per heavy atom. The lowest BCUT2D eigenvalue weighted by atomic mass is 9.87. The lowest BCUT2D eigenvalue weighted by Crippen LogP contribution is -2.59. The van der Waals surface area contributed by atoms with E-state index in [1.807, 2.05) is 4.90 Å². The van der Waals surface area contributed by atoms with Gasteiger partial charge in [-0.05, 0) is 19.3 Å². The summed E-state index contributed by atoms with van der Waals surface area (Å²) in [5.41, 5.74) is 5.66. The maximum Gasteiger partial charge on any atom is 0.228 e. The molecule has 0 aromatic heterocycles. The molecule has 0 aromatic carbocycles. The van der Waals surface area contributed by atoms with Gasteiger partial charge in [-0.15, -0.1) is 0 Å². The Balaban J connectivity index is 1.63. The van der Waals surface area contributed by atoms with Crippen molar-refractivity contribution in [3.63, 3.8) is 0 Å². The van der Waals surface area contributed by atoms with E-state index < -0.39 is 0 Å². The maximum atomic E-state index is 12.0. The summed E-state index contributed by atoms with van der Waals surface area (Å²) in [4.78, 5) is 13.8. The van der Waals surface area contributed by atoms with Gasteiger partial charge in [-0.2, -0.15) is 0 Å². The van der Waals surface area contributed by atoms with E-state index >= 15 is 0 Å². The fraction of sp³-hybridized carbons (Fsp3) is 0.900. The van der Waals surface area contributed by atoms with Crippen molar-refractivity contribution in [3.8, 4) is 0 Å².